The van der Waals surface area contributed by atoms with Crippen LogP contribution in [0.25, 0.3) is 0 Å². The van der Waals surface area contributed by atoms with Crippen molar-refractivity contribution in [3.63, 3.8) is 0 Å². The SMILES string of the molecule is O=C1OCC2(CCC2)CO1. The van der Waals surface area contributed by atoms with Gasteiger partial charge in [0.15, 0.2) is 0 Å². The van der Waals surface area contributed by atoms with Crippen molar-refractivity contribution < 1.29 is 14.3 Å². The van der Waals surface area contributed by atoms with Gasteiger partial charge in [0.05, 0.1) is 0 Å². The average Bonchev–Trinajstić information content (AvgIpc) is 1.86. The van der Waals surface area contributed by atoms with E-state index in [9.17, 15) is 4.79 Å². The molecule has 1 saturated heterocycles. The summed E-state index contributed by atoms with van der Waals surface area (Å²) in [7, 11) is 0. The second-order valence-electron chi connectivity index (χ2n) is 3.18. The Morgan fingerprint density at radius 2 is 1.80 bits per heavy atom. The second kappa shape index (κ2) is 1.87. The fourth-order valence-corrected chi connectivity index (χ4v) is 1.47. The van der Waals surface area contributed by atoms with Crippen molar-refractivity contribution in [2.45, 2.75) is 19.3 Å². The lowest BCUT2D eigenvalue weighted by Gasteiger charge is -2.42. The first kappa shape index (κ1) is 6.01. The van der Waals surface area contributed by atoms with Crippen LogP contribution in [0.5, 0.6) is 0 Å². The molecule has 0 radical (unpaired) electrons. The van der Waals surface area contributed by atoms with Crippen LogP contribution in [-0.4, -0.2) is 19.4 Å². The molecule has 1 aliphatic heterocycles. The van der Waals surface area contributed by atoms with Gasteiger partial charge in [-0.05, 0) is 12.8 Å². The monoisotopic (exact) mass is 142 g/mol. The summed E-state index contributed by atoms with van der Waals surface area (Å²) in [5.41, 5.74) is 0.216. The van der Waals surface area contributed by atoms with E-state index in [-0.39, 0.29) is 5.41 Å². The second-order valence-corrected chi connectivity index (χ2v) is 3.18. The Kier molecular flexibility index (Phi) is 1.13. The van der Waals surface area contributed by atoms with E-state index < -0.39 is 6.16 Å². The van der Waals surface area contributed by atoms with Gasteiger partial charge in [0.2, 0.25) is 0 Å². The molecule has 2 fully saturated rings. The van der Waals surface area contributed by atoms with Crippen molar-refractivity contribution >= 4 is 6.16 Å². The van der Waals surface area contributed by atoms with Crippen molar-refractivity contribution in [2.24, 2.45) is 5.41 Å². The number of rotatable bonds is 0. The number of ether oxygens (including phenoxy) is 2. The van der Waals surface area contributed by atoms with Gasteiger partial charge in [-0.25, -0.2) is 4.79 Å². The Balaban J connectivity index is 1.96. The van der Waals surface area contributed by atoms with Gasteiger partial charge in [-0.2, -0.15) is 0 Å². The molecule has 0 aromatic heterocycles. The molecule has 1 aliphatic carbocycles. The van der Waals surface area contributed by atoms with Gasteiger partial charge >= 0.3 is 6.16 Å². The summed E-state index contributed by atoms with van der Waals surface area (Å²) in [5, 5.41) is 0. The summed E-state index contributed by atoms with van der Waals surface area (Å²) < 4.78 is 9.55. The number of carbonyl (C=O) groups excluding carboxylic acids is 1. The van der Waals surface area contributed by atoms with Gasteiger partial charge in [0, 0.05) is 5.41 Å². The van der Waals surface area contributed by atoms with E-state index >= 15 is 0 Å². The molecule has 2 aliphatic rings. The molecule has 2 rings (SSSR count). The van der Waals surface area contributed by atoms with Crippen molar-refractivity contribution in [1.82, 2.24) is 0 Å². The number of hydrogen-bond donors (Lipinski definition) is 0. The maximum atomic E-state index is 10.4. The van der Waals surface area contributed by atoms with Gasteiger partial charge in [-0.3, -0.25) is 0 Å². The predicted molar refractivity (Wildman–Crippen MR) is 33.6 cm³/mol. The first-order chi connectivity index (χ1) is 4.81. The van der Waals surface area contributed by atoms with Crippen LogP contribution >= 0.6 is 0 Å². The van der Waals surface area contributed by atoms with Gasteiger partial charge in [0.1, 0.15) is 13.2 Å². The molecule has 56 valence electrons. The first-order valence-corrected chi connectivity index (χ1v) is 3.60. The van der Waals surface area contributed by atoms with Crippen LogP contribution in [0.15, 0.2) is 0 Å². The Labute approximate surface area is 59.3 Å². The van der Waals surface area contributed by atoms with Gasteiger partial charge in [0.25, 0.3) is 0 Å². The summed E-state index contributed by atoms with van der Waals surface area (Å²) in [4.78, 5) is 10.4. The summed E-state index contributed by atoms with van der Waals surface area (Å²) in [6, 6.07) is 0. The lowest BCUT2D eigenvalue weighted by atomic mass is 9.70. The van der Waals surface area contributed by atoms with Crippen LogP contribution in [0.2, 0.25) is 0 Å². The van der Waals surface area contributed by atoms with Crippen molar-refractivity contribution in [3.05, 3.63) is 0 Å². The molecular weight excluding hydrogens is 132 g/mol. The zero-order chi connectivity index (χ0) is 7.03. The molecule has 0 atom stereocenters. The van der Waals surface area contributed by atoms with Crippen LogP contribution in [0, 0.1) is 5.41 Å². The molecule has 0 unspecified atom stereocenters. The quantitative estimate of drug-likeness (QED) is 0.478. The normalized spacial score (nSPS) is 28.6. The van der Waals surface area contributed by atoms with Crippen molar-refractivity contribution in [2.75, 3.05) is 13.2 Å². The highest BCUT2D eigenvalue weighted by molar-refractivity contribution is 5.60. The Morgan fingerprint density at radius 1 is 1.20 bits per heavy atom. The summed E-state index contributed by atoms with van der Waals surface area (Å²) >= 11 is 0. The van der Waals surface area contributed by atoms with Gasteiger partial charge < -0.3 is 9.47 Å². The van der Waals surface area contributed by atoms with E-state index in [0.717, 1.165) is 12.8 Å². The highest BCUT2D eigenvalue weighted by atomic mass is 16.7. The standard InChI is InChI=1S/C7H10O3/c8-6-9-4-7(5-10-6)2-1-3-7/h1-5H2. The minimum atomic E-state index is -0.502. The summed E-state index contributed by atoms with van der Waals surface area (Å²) in [6.45, 7) is 1.15. The van der Waals surface area contributed by atoms with Crippen molar-refractivity contribution in [3.8, 4) is 0 Å². The molecule has 0 aromatic rings. The van der Waals surface area contributed by atoms with E-state index in [0.29, 0.717) is 13.2 Å². The third kappa shape index (κ3) is 0.770. The molecule has 3 heteroatoms. The smallest absolute Gasteiger partial charge is 0.434 e. The molecule has 0 N–H and O–H groups in total. The highest BCUT2D eigenvalue weighted by Crippen LogP contribution is 2.42. The lowest BCUT2D eigenvalue weighted by Crippen LogP contribution is -2.44. The Bertz CT molecular complexity index is 148. The molecular formula is C7H10O3. The van der Waals surface area contributed by atoms with E-state index in [1.54, 1.807) is 0 Å². The van der Waals surface area contributed by atoms with Crippen LogP contribution in [0.3, 0.4) is 0 Å². The van der Waals surface area contributed by atoms with E-state index in [1.807, 2.05) is 0 Å². The third-order valence-electron chi connectivity index (χ3n) is 2.41. The zero-order valence-electron chi connectivity index (χ0n) is 5.76. The van der Waals surface area contributed by atoms with Crippen molar-refractivity contribution in [1.29, 1.82) is 0 Å². The maximum absolute atomic E-state index is 10.4. The maximum Gasteiger partial charge on any atom is 0.508 e. The lowest BCUT2D eigenvalue weighted by molar-refractivity contribution is -0.0936. The fourth-order valence-electron chi connectivity index (χ4n) is 1.47. The molecule has 0 bridgehead atoms. The minimum Gasteiger partial charge on any atom is -0.434 e. The number of hydrogen-bond acceptors (Lipinski definition) is 3. The molecule has 1 saturated carbocycles. The summed E-state index contributed by atoms with van der Waals surface area (Å²) in [6.07, 6.45) is 3.05. The van der Waals surface area contributed by atoms with Crippen LogP contribution in [0.4, 0.5) is 4.79 Å². The van der Waals surface area contributed by atoms with E-state index in [4.69, 9.17) is 9.47 Å². The number of carbonyl (C=O) groups is 1. The molecule has 0 aromatic carbocycles. The average molecular weight is 142 g/mol. The summed E-state index contributed by atoms with van der Waals surface area (Å²) in [5.74, 6) is 0. The fraction of sp³-hybridized carbons (Fsp3) is 0.857. The Morgan fingerprint density at radius 3 is 2.20 bits per heavy atom. The Hall–Kier alpha value is -0.730. The molecule has 0 amide bonds. The van der Waals surface area contributed by atoms with Gasteiger partial charge in [-0.15, -0.1) is 0 Å². The van der Waals surface area contributed by atoms with E-state index in [2.05, 4.69) is 0 Å². The van der Waals surface area contributed by atoms with E-state index in [1.165, 1.54) is 6.42 Å². The highest BCUT2D eigenvalue weighted by Gasteiger charge is 2.42. The molecule has 1 heterocycles. The van der Waals surface area contributed by atoms with Crippen LogP contribution in [0.1, 0.15) is 19.3 Å². The van der Waals surface area contributed by atoms with Crippen LogP contribution in [-0.2, 0) is 9.47 Å². The van der Waals surface area contributed by atoms with Gasteiger partial charge in [-0.1, -0.05) is 6.42 Å². The van der Waals surface area contributed by atoms with Crippen LogP contribution < -0.4 is 0 Å². The molecule has 1 spiro atoms. The number of cyclic esters (lactones) is 2. The zero-order valence-corrected chi connectivity index (χ0v) is 5.76. The minimum absolute atomic E-state index is 0.216. The molecule has 3 nitrogen and oxygen atoms in total. The topological polar surface area (TPSA) is 35.5 Å². The first-order valence-electron chi connectivity index (χ1n) is 3.60. The predicted octanol–water partition coefficient (Wildman–Crippen LogP) is 1.32. The largest absolute Gasteiger partial charge is 0.508 e. The third-order valence-corrected chi connectivity index (χ3v) is 2.41. The molecule has 10 heavy (non-hydrogen) atoms.